The van der Waals surface area contributed by atoms with Crippen LogP contribution in [0.1, 0.15) is 6.92 Å². The maximum atomic E-state index is 8.97. The van der Waals surface area contributed by atoms with Gasteiger partial charge in [0.15, 0.2) is 11.4 Å². The Bertz CT molecular complexity index is 911. The fourth-order valence-electron chi connectivity index (χ4n) is 3.51. The van der Waals surface area contributed by atoms with Crippen molar-refractivity contribution in [2.45, 2.75) is 6.92 Å². The molecule has 6 nitrogen and oxygen atoms in total. The van der Waals surface area contributed by atoms with Gasteiger partial charge < -0.3 is 24.1 Å². The van der Waals surface area contributed by atoms with Crippen molar-refractivity contribution in [2.75, 3.05) is 50.8 Å². The standard InChI is InChI=1S/C21H25N3O3.2ClH/c1-2-23-7-9-24(10-8-23)21-20-17(6-12-27-20)15-19(22-21)16-4-3-5-18(14-16)26-13-11-25;;/h3-6,12,14-15,25H,2,7-11,13H2,1H3;2*1H. The average Bonchev–Trinajstić information content (AvgIpc) is 3.20. The maximum Gasteiger partial charge on any atom is 0.176 e. The molecule has 0 spiro atoms. The molecule has 1 aliphatic rings. The van der Waals surface area contributed by atoms with Crippen LogP contribution in [0.4, 0.5) is 5.82 Å². The first-order valence-corrected chi connectivity index (χ1v) is 9.48. The number of aliphatic hydroxyl groups is 1. The Hall–Kier alpha value is -1.99. The van der Waals surface area contributed by atoms with Crippen LogP contribution in [0.25, 0.3) is 22.2 Å². The van der Waals surface area contributed by atoms with Crippen LogP contribution in [-0.4, -0.2) is 60.9 Å². The predicted octanol–water partition coefficient (Wildman–Crippen LogP) is 3.85. The van der Waals surface area contributed by atoms with Gasteiger partial charge in [-0.2, -0.15) is 0 Å². The molecular formula is C21H27Cl2N3O3. The number of aromatic nitrogens is 1. The highest BCUT2D eigenvalue weighted by molar-refractivity contribution is 5.90. The summed E-state index contributed by atoms with van der Waals surface area (Å²) in [6.07, 6.45) is 1.72. The molecule has 3 aromatic rings. The molecule has 0 amide bonds. The number of rotatable bonds is 6. The summed E-state index contributed by atoms with van der Waals surface area (Å²) in [6.45, 7) is 7.52. The lowest BCUT2D eigenvalue weighted by Gasteiger charge is -2.34. The number of anilines is 1. The Morgan fingerprint density at radius 1 is 1.10 bits per heavy atom. The number of halogens is 2. The fourth-order valence-corrected chi connectivity index (χ4v) is 3.51. The van der Waals surface area contributed by atoms with Crippen LogP contribution in [0.3, 0.4) is 0 Å². The van der Waals surface area contributed by atoms with Crippen molar-refractivity contribution < 1.29 is 14.3 Å². The predicted molar refractivity (Wildman–Crippen MR) is 121 cm³/mol. The minimum Gasteiger partial charge on any atom is -0.491 e. The van der Waals surface area contributed by atoms with Crippen molar-refractivity contribution in [3.63, 3.8) is 0 Å². The van der Waals surface area contributed by atoms with E-state index in [4.69, 9.17) is 19.2 Å². The largest absolute Gasteiger partial charge is 0.491 e. The van der Waals surface area contributed by atoms with Crippen LogP contribution in [0.5, 0.6) is 5.75 Å². The van der Waals surface area contributed by atoms with Crippen LogP contribution < -0.4 is 9.64 Å². The first kappa shape index (κ1) is 23.3. The zero-order valence-electron chi connectivity index (χ0n) is 16.4. The monoisotopic (exact) mass is 439 g/mol. The summed E-state index contributed by atoms with van der Waals surface area (Å²) in [4.78, 5) is 9.71. The highest BCUT2D eigenvalue weighted by Gasteiger charge is 2.21. The summed E-state index contributed by atoms with van der Waals surface area (Å²) in [5.41, 5.74) is 2.73. The molecule has 4 rings (SSSR count). The third-order valence-corrected chi connectivity index (χ3v) is 5.03. The quantitative estimate of drug-likeness (QED) is 0.629. The highest BCUT2D eigenvalue weighted by Crippen LogP contribution is 2.32. The lowest BCUT2D eigenvalue weighted by molar-refractivity contribution is 0.201. The lowest BCUT2D eigenvalue weighted by Crippen LogP contribution is -2.46. The normalized spacial score (nSPS) is 14.3. The fraction of sp³-hybridized carbons (Fsp3) is 0.381. The van der Waals surface area contributed by atoms with Gasteiger partial charge in [0, 0.05) is 37.1 Å². The van der Waals surface area contributed by atoms with E-state index < -0.39 is 0 Å². The van der Waals surface area contributed by atoms with E-state index >= 15 is 0 Å². The molecule has 0 saturated carbocycles. The van der Waals surface area contributed by atoms with Gasteiger partial charge in [0.05, 0.1) is 18.6 Å². The van der Waals surface area contributed by atoms with Gasteiger partial charge in [0.2, 0.25) is 0 Å². The molecule has 1 fully saturated rings. The topological polar surface area (TPSA) is 62.0 Å². The van der Waals surface area contributed by atoms with E-state index in [0.29, 0.717) is 0 Å². The number of ether oxygens (including phenoxy) is 1. The number of piperazine rings is 1. The molecule has 29 heavy (non-hydrogen) atoms. The van der Waals surface area contributed by atoms with Crippen LogP contribution in [0.2, 0.25) is 0 Å². The van der Waals surface area contributed by atoms with Crippen LogP contribution in [-0.2, 0) is 0 Å². The van der Waals surface area contributed by atoms with E-state index in [1.165, 1.54) is 0 Å². The third kappa shape index (κ3) is 5.14. The van der Waals surface area contributed by atoms with Crippen molar-refractivity contribution in [1.82, 2.24) is 9.88 Å². The van der Waals surface area contributed by atoms with E-state index in [2.05, 4.69) is 22.8 Å². The van der Waals surface area contributed by atoms with Gasteiger partial charge in [-0.15, -0.1) is 24.8 Å². The first-order valence-electron chi connectivity index (χ1n) is 9.48. The Morgan fingerprint density at radius 2 is 1.90 bits per heavy atom. The second kappa shape index (κ2) is 10.7. The number of benzene rings is 1. The second-order valence-electron chi connectivity index (χ2n) is 6.69. The Morgan fingerprint density at radius 3 is 2.62 bits per heavy atom. The molecule has 0 bridgehead atoms. The van der Waals surface area contributed by atoms with Crippen molar-refractivity contribution in [3.05, 3.63) is 42.7 Å². The number of fused-ring (bicyclic) bond motifs is 1. The number of aliphatic hydroxyl groups excluding tert-OH is 1. The molecule has 0 radical (unpaired) electrons. The molecule has 1 aromatic carbocycles. The summed E-state index contributed by atoms with van der Waals surface area (Å²) < 4.78 is 11.3. The average molecular weight is 440 g/mol. The summed E-state index contributed by atoms with van der Waals surface area (Å²) >= 11 is 0. The maximum absolute atomic E-state index is 8.97. The molecule has 0 unspecified atom stereocenters. The molecule has 3 heterocycles. The van der Waals surface area contributed by atoms with Gasteiger partial charge in [-0.3, -0.25) is 0 Å². The van der Waals surface area contributed by atoms with Gasteiger partial charge in [0.1, 0.15) is 12.4 Å². The van der Waals surface area contributed by atoms with Crippen LogP contribution in [0.15, 0.2) is 47.1 Å². The molecule has 1 aliphatic heterocycles. The Kier molecular flexibility index (Phi) is 8.59. The van der Waals surface area contributed by atoms with Gasteiger partial charge in [-0.1, -0.05) is 19.1 Å². The molecule has 1 N–H and O–H groups in total. The SMILES string of the molecule is CCN1CCN(c2nc(-c3cccc(OCCO)c3)cc3ccoc23)CC1.Cl.Cl. The van der Waals surface area contributed by atoms with Gasteiger partial charge in [-0.25, -0.2) is 4.98 Å². The van der Waals surface area contributed by atoms with E-state index in [0.717, 1.165) is 66.5 Å². The van der Waals surface area contributed by atoms with E-state index in [1.807, 2.05) is 30.3 Å². The summed E-state index contributed by atoms with van der Waals surface area (Å²) in [6, 6.07) is 11.9. The molecule has 0 atom stereocenters. The highest BCUT2D eigenvalue weighted by atomic mass is 35.5. The summed E-state index contributed by atoms with van der Waals surface area (Å²) in [5.74, 6) is 1.64. The van der Waals surface area contributed by atoms with E-state index in [1.54, 1.807) is 6.26 Å². The molecule has 1 saturated heterocycles. The van der Waals surface area contributed by atoms with E-state index in [-0.39, 0.29) is 38.0 Å². The van der Waals surface area contributed by atoms with Gasteiger partial charge in [0.25, 0.3) is 0 Å². The number of furan rings is 1. The Balaban J connectivity index is 0.00000150. The second-order valence-corrected chi connectivity index (χ2v) is 6.69. The third-order valence-electron chi connectivity index (χ3n) is 5.03. The van der Waals surface area contributed by atoms with Crippen LogP contribution >= 0.6 is 24.8 Å². The van der Waals surface area contributed by atoms with Crippen molar-refractivity contribution in [1.29, 1.82) is 0 Å². The number of likely N-dealkylation sites (N-methyl/N-ethyl adjacent to an activating group) is 1. The zero-order chi connectivity index (χ0) is 18.6. The summed E-state index contributed by atoms with van der Waals surface area (Å²) in [7, 11) is 0. The lowest BCUT2D eigenvalue weighted by atomic mass is 10.1. The number of pyridine rings is 1. The minimum absolute atomic E-state index is 0. The molecule has 8 heteroatoms. The van der Waals surface area contributed by atoms with Crippen molar-refractivity contribution in [3.8, 4) is 17.0 Å². The van der Waals surface area contributed by atoms with E-state index in [9.17, 15) is 0 Å². The number of hydrogen-bond acceptors (Lipinski definition) is 6. The van der Waals surface area contributed by atoms with Crippen molar-refractivity contribution >= 4 is 41.6 Å². The first-order chi connectivity index (χ1) is 13.3. The van der Waals surface area contributed by atoms with Gasteiger partial charge in [-0.05, 0) is 30.8 Å². The minimum atomic E-state index is -0.00264. The van der Waals surface area contributed by atoms with Crippen molar-refractivity contribution in [2.24, 2.45) is 0 Å². The summed E-state index contributed by atoms with van der Waals surface area (Å²) in [5, 5.41) is 10.0. The zero-order valence-corrected chi connectivity index (χ0v) is 18.0. The van der Waals surface area contributed by atoms with Gasteiger partial charge >= 0.3 is 0 Å². The number of hydrogen-bond donors (Lipinski definition) is 1. The molecule has 158 valence electrons. The molecule has 2 aromatic heterocycles. The molecular weight excluding hydrogens is 413 g/mol. The number of nitrogens with zero attached hydrogens (tertiary/aromatic N) is 3. The smallest absolute Gasteiger partial charge is 0.176 e. The Labute approximate surface area is 183 Å². The molecule has 0 aliphatic carbocycles. The van der Waals surface area contributed by atoms with Crippen LogP contribution in [0, 0.1) is 0 Å².